The monoisotopic (exact) mass is 374 g/mol. The van der Waals surface area contributed by atoms with Crippen molar-refractivity contribution in [1.29, 1.82) is 0 Å². The number of aromatic nitrogens is 3. The Balaban J connectivity index is 1.64. The van der Waals surface area contributed by atoms with Crippen molar-refractivity contribution >= 4 is 27.6 Å². The molecule has 0 spiro atoms. The Kier molecular flexibility index (Phi) is 4.23. The summed E-state index contributed by atoms with van der Waals surface area (Å²) in [5.41, 5.74) is 1.36. The molecule has 8 nitrogen and oxygen atoms in total. The number of fused-ring (bicyclic) bond motifs is 1. The Hall–Kier alpha value is -2.68. The van der Waals surface area contributed by atoms with Crippen molar-refractivity contribution in [3.63, 3.8) is 0 Å². The number of likely N-dealkylation sites (tertiary alicyclic amines) is 1. The number of ether oxygens (including phenoxy) is 2. The van der Waals surface area contributed by atoms with Crippen LogP contribution in [0.5, 0.6) is 5.88 Å². The number of thiophene rings is 1. The number of hydrogen-bond acceptors (Lipinski definition) is 8. The lowest BCUT2D eigenvalue weighted by Crippen LogP contribution is -2.34. The number of carbonyl (C=O) groups excluding carboxylic acids is 1. The van der Waals surface area contributed by atoms with Crippen molar-refractivity contribution in [1.82, 2.24) is 20.0 Å². The molecule has 1 fully saturated rings. The van der Waals surface area contributed by atoms with Crippen LogP contribution in [0.2, 0.25) is 0 Å². The largest absolute Gasteiger partial charge is 0.471 e. The van der Waals surface area contributed by atoms with E-state index in [9.17, 15) is 4.79 Å². The van der Waals surface area contributed by atoms with Crippen LogP contribution in [0.25, 0.3) is 21.7 Å². The molecule has 2 atom stereocenters. The zero-order chi connectivity index (χ0) is 18.3. The molecule has 1 amide bonds. The Morgan fingerprint density at radius 2 is 2.27 bits per heavy atom. The molecule has 136 valence electrons. The van der Waals surface area contributed by atoms with Crippen LogP contribution in [0.1, 0.15) is 19.1 Å². The first-order chi connectivity index (χ1) is 12.5. The fourth-order valence-corrected chi connectivity index (χ4v) is 3.86. The van der Waals surface area contributed by atoms with Crippen LogP contribution < -0.4 is 4.74 Å². The average molecular weight is 374 g/mol. The summed E-state index contributed by atoms with van der Waals surface area (Å²) in [5, 5.41) is 5.93. The van der Waals surface area contributed by atoms with E-state index in [2.05, 4.69) is 15.1 Å². The zero-order valence-electron chi connectivity index (χ0n) is 14.6. The molecule has 1 saturated heterocycles. The lowest BCUT2D eigenvalue weighted by atomic mass is 10.2. The quantitative estimate of drug-likeness (QED) is 0.695. The van der Waals surface area contributed by atoms with E-state index in [4.69, 9.17) is 14.0 Å². The normalized spacial score (nSPS) is 19.9. The Morgan fingerprint density at radius 3 is 3.00 bits per heavy atom. The lowest BCUT2D eigenvalue weighted by Gasteiger charge is -2.18. The van der Waals surface area contributed by atoms with Gasteiger partial charge in [0.2, 0.25) is 5.88 Å². The second-order valence-corrected chi connectivity index (χ2v) is 7.17. The molecule has 1 aliphatic rings. The first-order valence-corrected chi connectivity index (χ1v) is 9.13. The van der Waals surface area contributed by atoms with Crippen molar-refractivity contribution in [3.8, 4) is 17.4 Å². The van der Waals surface area contributed by atoms with Gasteiger partial charge in [-0.05, 0) is 25.3 Å². The summed E-state index contributed by atoms with van der Waals surface area (Å²) in [6, 6.07) is 3.75. The number of rotatable bonds is 3. The lowest BCUT2D eigenvalue weighted by molar-refractivity contribution is 0.116. The second-order valence-electron chi connectivity index (χ2n) is 6.26. The fraction of sp³-hybridized carbons (Fsp3) is 0.412. The summed E-state index contributed by atoms with van der Waals surface area (Å²) >= 11 is 1.52. The molecule has 0 N–H and O–H groups in total. The Labute approximate surface area is 153 Å². The molecule has 26 heavy (non-hydrogen) atoms. The van der Waals surface area contributed by atoms with E-state index in [1.807, 2.05) is 25.3 Å². The molecule has 0 unspecified atom stereocenters. The molecule has 4 rings (SSSR count). The molecule has 0 aliphatic carbocycles. The van der Waals surface area contributed by atoms with Crippen molar-refractivity contribution < 1.29 is 18.8 Å². The van der Waals surface area contributed by atoms with Crippen molar-refractivity contribution in [2.75, 3.05) is 13.7 Å². The molecule has 0 saturated carbocycles. The van der Waals surface area contributed by atoms with Crippen LogP contribution in [-0.2, 0) is 4.74 Å². The average Bonchev–Trinajstić information content (AvgIpc) is 3.34. The van der Waals surface area contributed by atoms with Gasteiger partial charge in [-0.1, -0.05) is 5.16 Å². The van der Waals surface area contributed by atoms with Gasteiger partial charge in [-0.25, -0.2) is 9.78 Å². The standard InChI is InChI=1S/C17H18N4O4S/c1-9-6-11(8-21(9)17(22)23-3)24-16-14-12(4-5-26-14)18-15(19-16)13-7-10(2)25-20-13/h4-5,7,9,11H,6,8H2,1-3H3/t9-,11-/m1/s1. The third-order valence-corrected chi connectivity index (χ3v) is 5.24. The summed E-state index contributed by atoms with van der Waals surface area (Å²) in [7, 11) is 1.38. The van der Waals surface area contributed by atoms with Gasteiger partial charge < -0.3 is 18.9 Å². The molecule has 0 radical (unpaired) electrons. The van der Waals surface area contributed by atoms with E-state index in [1.54, 1.807) is 11.0 Å². The Morgan fingerprint density at radius 1 is 1.42 bits per heavy atom. The number of amides is 1. The van der Waals surface area contributed by atoms with Gasteiger partial charge in [0.1, 0.15) is 16.6 Å². The van der Waals surface area contributed by atoms with Gasteiger partial charge >= 0.3 is 6.09 Å². The number of carbonyl (C=O) groups is 1. The van der Waals surface area contributed by atoms with Crippen LogP contribution in [0, 0.1) is 6.92 Å². The van der Waals surface area contributed by atoms with Gasteiger partial charge in [-0.3, -0.25) is 0 Å². The maximum atomic E-state index is 11.8. The molecule has 3 aromatic rings. The first kappa shape index (κ1) is 16.8. The summed E-state index contributed by atoms with van der Waals surface area (Å²) in [5.74, 6) is 1.65. The molecule has 0 bridgehead atoms. The number of methoxy groups -OCH3 is 1. The minimum absolute atomic E-state index is 0.0470. The maximum absolute atomic E-state index is 11.8. The molecule has 4 heterocycles. The van der Waals surface area contributed by atoms with E-state index in [0.717, 1.165) is 10.2 Å². The van der Waals surface area contributed by atoms with Gasteiger partial charge in [-0.2, -0.15) is 4.98 Å². The van der Waals surface area contributed by atoms with E-state index < -0.39 is 0 Å². The van der Waals surface area contributed by atoms with Crippen molar-refractivity contribution in [3.05, 3.63) is 23.3 Å². The van der Waals surface area contributed by atoms with Crippen LogP contribution >= 0.6 is 11.3 Å². The molecular formula is C17H18N4O4S. The van der Waals surface area contributed by atoms with Gasteiger partial charge in [0, 0.05) is 18.5 Å². The van der Waals surface area contributed by atoms with E-state index in [-0.39, 0.29) is 18.2 Å². The summed E-state index contributed by atoms with van der Waals surface area (Å²) in [6.07, 6.45) is 0.215. The molecule has 9 heteroatoms. The zero-order valence-corrected chi connectivity index (χ0v) is 15.4. The summed E-state index contributed by atoms with van der Waals surface area (Å²) in [6.45, 7) is 4.26. The van der Waals surface area contributed by atoms with Crippen LogP contribution in [0.3, 0.4) is 0 Å². The number of aryl methyl sites for hydroxylation is 1. The van der Waals surface area contributed by atoms with Gasteiger partial charge in [0.15, 0.2) is 11.5 Å². The highest BCUT2D eigenvalue weighted by Gasteiger charge is 2.35. The fourth-order valence-electron chi connectivity index (χ4n) is 3.10. The topological polar surface area (TPSA) is 90.6 Å². The Bertz CT molecular complexity index is 953. The number of hydrogen-bond donors (Lipinski definition) is 0. The van der Waals surface area contributed by atoms with Gasteiger partial charge in [-0.15, -0.1) is 11.3 Å². The van der Waals surface area contributed by atoms with E-state index in [1.165, 1.54) is 18.4 Å². The maximum Gasteiger partial charge on any atom is 0.409 e. The summed E-state index contributed by atoms with van der Waals surface area (Å²) < 4.78 is 17.0. The highest BCUT2D eigenvalue weighted by molar-refractivity contribution is 7.17. The van der Waals surface area contributed by atoms with E-state index in [0.29, 0.717) is 36.1 Å². The highest BCUT2D eigenvalue weighted by atomic mass is 32.1. The van der Waals surface area contributed by atoms with Crippen LogP contribution in [0.4, 0.5) is 4.79 Å². The minimum atomic E-state index is -0.341. The molecular weight excluding hydrogens is 356 g/mol. The number of nitrogens with zero attached hydrogens (tertiary/aromatic N) is 4. The highest BCUT2D eigenvalue weighted by Crippen LogP contribution is 2.33. The second kappa shape index (κ2) is 6.56. The molecule has 0 aromatic carbocycles. The molecule has 1 aliphatic heterocycles. The van der Waals surface area contributed by atoms with Crippen molar-refractivity contribution in [2.24, 2.45) is 0 Å². The van der Waals surface area contributed by atoms with Crippen LogP contribution in [0.15, 0.2) is 22.0 Å². The molecule has 3 aromatic heterocycles. The SMILES string of the molecule is COC(=O)N1C[C@H](Oc2nc(-c3cc(C)on3)nc3ccsc23)C[C@H]1C. The van der Waals surface area contributed by atoms with E-state index >= 15 is 0 Å². The van der Waals surface area contributed by atoms with Gasteiger partial charge in [0.25, 0.3) is 0 Å². The third-order valence-electron chi connectivity index (χ3n) is 4.35. The smallest absolute Gasteiger partial charge is 0.409 e. The first-order valence-electron chi connectivity index (χ1n) is 8.25. The predicted octanol–water partition coefficient (Wildman–Crippen LogP) is 3.26. The van der Waals surface area contributed by atoms with Crippen LogP contribution in [-0.4, -0.2) is 51.9 Å². The minimum Gasteiger partial charge on any atom is -0.471 e. The third kappa shape index (κ3) is 2.98. The summed E-state index contributed by atoms with van der Waals surface area (Å²) in [4.78, 5) is 22.6. The van der Waals surface area contributed by atoms with Gasteiger partial charge in [0.05, 0.1) is 19.2 Å². The van der Waals surface area contributed by atoms with Crippen molar-refractivity contribution in [2.45, 2.75) is 32.4 Å². The predicted molar refractivity (Wildman–Crippen MR) is 95.3 cm³/mol.